The van der Waals surface area contributed by atoms with E-state index in [1.54, 1.807) is 0 Å². The average molecular weight is 334 g/mol. The molecule has 1 aliphatic heterocycles. The molecule has 0 amide bonds. The van der Waals surface area contributed by atoms with Crippen molar-refractivity contribution >= 4 is 21.5 Å². The number of hydrogen-bond acceptors (Lipinski definition) is 3. The lowest BCUT2D eigenvalue weighted by Gasteiger charge is -2.26. The molecule has 0 atom stereocenters. The quantitative estimate of drug-likeness (QED) is 0.739. The molecule has 0 unspecified atom stereocenters. The molecule has 0 aliphatic carbocycles. The predicted molar refractivity (Wildman–Crippen MR) is 102 cm³/mol. The zero-order chi connectivity index (χ0) is 17.2. The van der Waals surface area contributed by atoms with Gasteiger partial charge in [-0.3, -0.25) is 14.2 Å². The Morgan fingerprint density at radius 1 is 0.640 bits per heavy atom. The normalized spacial score (nSPS) is 15.7. The lowest BCUT2D eigenvalue weighted by Crippen LogP contribution is -2.38. The summed E-state index contributed by atoms with van der Waals surface area (Å²) in [7, 11) is 0. The van der Waals surface area contributed by atoms with Gasteiger partial charge in [0.15, 0.2) is 0 Å². The van der Waals surface area contributed by atoms with Crippen molar-refractivity contribution < 1.29 is 0 Å². The highest BCUT2D eigenvalue weighted by molar-refractivity contribution is 6.05. The Balaban J connectivity index is 1.90. The summed E-state index contributed by atoms with van der Waals surface area (Å²) < 4.78 is 1.43. The van der Waals surface area contributed by atoms with Gasteiger partial charge in [0, 0.05) is 23.9 Å². The topological polar surface area (TPSA) is 42.3 Å². The second-order valence-electron chi connectivity index (χ2n) is 6.76. The number of aromatic nitrogens is 1. The molecule has 0 radical (unpaired) electrons. The van der Waals surface area contributed by atoms with Crippen LogP contribution in [0.3, 0.4) is 0 Å². The third kappa shape index (κ3) is 2.98. The highest BCUT2D eigenvalue weighted by atomic mass is 16.2. The van der Waals surface area contributed by atoms with Crippen LogP contribution in [0.15, 0.2) is 58.1 Å². The Labute approximate surface area is 146 Å². The average Bonchev–Trinajstić information content (AvgIpc) is 2.76. The number of piperidine rings is 1. The van der Waals surface area contributed by atoms with Crippen molar-refractivity contribution in [1.29, 1.82) is 0 Å². The van der Waals surface area contributed by atoms with Crippen LogP contribution in [0.4, 0.5) is 0 Å². The number of benzene rings is 2. The predicted octanol–water partition coefficient (Wildman–Crippen LogP) is 3.00. The van der Waals surface area contributed by atoms with Gasteiger partial charge < -0.3 is 4.90 Å². The standard InChI is InChI=1S/C21H22N2O2/c24-20-18-10-4-2-8-16(18)17-9-3-5-11-19(17)21(25)23(20)15-14-22-12-6-1-7-13-22/h2-5,8-11H,1,6-7,12-15H2. The number of likely N-dealkylation sites (tertiary alicyclic amines) is 1. The summed E-state index contributed by atoms with van der Waals surface area (Å²) in [6.07, 6.45) is 3.68. The molecule has 0 spiro atoms. The van der Waals surface area contributed by atoms with Crippen molar-refractivity contribution in [3.63, 3.8) is 0 Å². The molecule has 0 N–H and O–H groups in total. The highest BCUT2D eigenvalue weighted by Gasteiger charge is 2.13. The van der Waals surface area contributed by atoms with Gasteiger partial charge in [-0.1, -0.05) is 42.8 Å². The number of rotatable bonds is 3. The van der Waals surface area contributed by atoms with E-state index in [9.17, 15) is 9.59 Å². The van der Waals surface area contributed by atoms with E-state index in [1.165, 1.54) is 23.8 Å². The minimum atomic E-state index is -0.186. The van der Waals surface area contributed by atoms with E-state index in [2.05, 4.69) is 4.90 Å². The minimum Gasteiger partial charge on any atom is -0.302 e. The SMILES string of the molecule is O=c1c2ccccc2c2ccccc2c(=O)n1CCN1CCCCC1. The van der Waals surface area contributed by atoms with Gasteiger partial charge in [0.2, 0.25) is 0 Å². The lowest BCUT2D eigenvalue weighted by atomic mass is 10.1. The molecule has 1 aromatic heterocycles. The van der Waals surface area contributed by atoms with Crippen LogP contribution in [0.2, 0.25) is 0 Å². The van der Waals surface area contributed by atoms with E-state index in [1.807, 2.05) is 48.5 Å². The lowest BCUT2D eigenvalue weighted by molar-refractivity contribution is 0.219. The summed E-state index contributed by atoms with van der Waals surface area (Å²) in [4.78, 5) is 28.5. The maximum Gasteiger partial charge on any atom is 0.261 e. The van der Waals surface area contributed by atoms with E-state index < -0.39 is 0 Å². The molecule has 1 aliphatic rings. The molecular weight excluding hydrogens is 312 g/mol. The monoisotopic (exact) mass is 334 g/mol. The van der Waals surface area contributed by atoms with Gasteiger partial charge in [-0.15, -0.1) is 0 Å². The van der Waals surface area contributed by atoms with E-state index in [0.29, 0.717) is 17.3 Å². The first-order valence-corrected chi connectivity index (χ1v) is 9.03. The molecule has 1 fully saturated rings. The van der Waals surface area contributed by atoms with E-state index in [0.717, 1.165) is 30.4 Å². The van der Waals surface area contributed by atoms with Gasteiger partial charge >= 0.3 is 0 Å². The van der Waals surface area contributed by atoms with E-state index in [-0.39, 0.29) is 11.1 Å². The summed E-state index contributed by atoms with van der Waals surface area (Å²) in [6.45, 7) is 3.31. The van der Waals surface area contributed by atoms with Crippen LogP contribution in [0.1, 0.15) is 19.3 Å². The van der Waals surface area contributed by atoms with Crippen LogP contribution in [0, 0.1) is 0 Å². The number of fused-ring (bicyclic) bond motifs is 3. The summed E-state index contributed by atoms with van der Waals surface area (Å²) in [5.41, 5.74) is -0.373. The van der Waals surface area contributed by atoms with Gasteiger partial charge in [-0.05, 0) is 48.8 Å². The second kappa shape index (κ2) is 6.81. The van der Waals surface area contributed by atoms with Crippen LogP contribution < -0.4 is 11.1 Å². The van der Waals surface area contributed by atoms with Gasteiger partial charge in [0.25, 0.3) is 11.1 Å². The van der Waals surface area contributed by atoms with E-state index in [4.69, 9.17) is 0 Å². The van der Waals surface area contributed by atoms with Crippen LogP contribution in [-0.4, -0.2) is 29.1 Å². The van der Waals surface area contributed by atoms with Crippen molar-refractivity contribution in [1.82, 2.24) is 9.47 Å². The Bertz CT molecular complexity index is 961. The summed E-state index contributed by atoms with van der Waals surface area (Å²) >= 11 is 0. The van der Waals surface area contributed by atoms with Crippen molar-refractivity contribution in [3.8, 4) is 0 Å². The van der Waals surface area contributed by atoms with Crippen LogP contribution in [0.5, 0.6) is 0 Å². The smallest absolute Gasteiger partial charge is 0.261 e. The maximum absolute atomic E-state index is 13.1. The number of nitrogens with zero attached hydrogens (tertiary/aromatic N) is 2. The Morgan fingerprint density at radius 3 is 1.64 bits per heavy atom. The molecule has 4 nitrogen and oxygen atoms in total. The summed E-state index contributed by atoms with van der Waals surface area (Å²) in [6, 6.07) is 15.0. The van der Waals surface area contributed by atoms with Gasteiger partial charge in [-0.25, -0.2) is 0 Å². The third-order valence-electron chi connectivity index (χ3n) is 5.18. The molecule has 128 valence electrons. The molecule has 25 heavy (non-hydrogen) atoms. The molecule has 4 rings (SSSR count). The molecule has 0 bridgehead atoms. The van der Waals surface area contributed by atoms with Gasteiger partial charge in [0.05, 0.1) is 0 Å². The van der Waals surface area contributed by atoms with Crippen molar-refractivity contribution in [3.05, 3.63) is 69.2 Å². The zero-order valence-electron chi connectivity index (χ0n) is 14.3. The minimum absolute atomic E-state index is 0.186. The largest absolute Gasteiger partial charge is 0.302 e. The fraction of sp³-hybridized carbons (Fsp3) is 0.333. The van der Waals surface area contributed by atoms with Crippen molar-refractivity contribution in [2.75, 3.05) is 19.6 Å². The fourth-order valence-corrected chi connectivity index (χ4v) is 3.82. The van der Waals surface area contributed by atoms with Crippen molar-refractivity contribution in [2.24, 2.45) is 0 Å². The Kier molecular flexibility index (Phi) is 4.36. The molecular formula is C21H22N2O2. The molecule has 0 saturated carbocycles. The Hall–Kier alpha value is -2.46. The molecule has 1 saturated heterocycles. The fourth-order valence-electron chi connectivity index (χ4n) is 3.82. The molecule has 3 aromatic rings. The summed E-state index contributed by atoms with van der Waals surface area (Å²) in [5, 5.41) is 2.91. The van der Waals surface area contributed by atoms with E-state index >= 15 is 0 Å². The molecule has 4 heteroatoms. The number of hydrogen-bond donors (Lipinski definition) is 0. The molecule has 2 heterocycles. The van der Waals surface area contributed by atoms with Gasteiger partial charge in [-0.2, -0.15) is 0 Å². The molecule has 2 aromatic carbocycles. The zero-order valence-corrected chi connectivity index (χ0v) is 14.3. The Morgan fingerprint density at radius 2 is 1.12 bits per heavy atom. The first-order valence-electron chi connectivity index (χ1n) is 9.03. The van der Waals surface area contributed by atoms with Crippen LogP contribution in [-0.2, 0) is 6.54 Å². The van der Waals surface area contributed by atoms with Crippen molar-refractivity contribution in [2.45, 2.75) is 25.8 Å². The highest BCUT2D eigenvalue weighted by Crippen LogP contribution is 2.19. The first kappa shape index (κ1) is 16.0. The second-order valence-corrected chi connectivity index (χ2v) is 6.76. The van der Waals surface area contributed by atoms with Gasteiger partial charge in [0.1, 0.15) is 0 Å². The van der Waals surface area contributed by atoms with Crippen LogP contribution in [0.25, 0.3) is 21.5 Å². The van der Waals surface area contributed by atoms with Crippen LogP contribution >= 0.6 is 0 Å². The maximum atomic E-state index is 13.1. The summed E-state index contributed by atoms with van der Waals surface area (Å²) in [5.74, 6) is 0. The third-order valence-corrected chi connectivity index (χ3v) is 5.18. The first-order chi connectivity index (χ1) is 12.3.